The molecule has 3 aromatic rings. The number of aliphatic imine (C=N–C) groups is 1. The zero-order valence-electron chi connectivity index (χ0n) is 17.6. The lowest BCUT2D eigenvalue weighted by Crippen LogP contribution is -2.06. The first-order chi connectivity index (χ1) is 16.2. The Morgan fingerprint density at radius 3 is 2.47 bits per heavy atom. The molecule has 0 bridgehead atoms. The van der Waals surface area contributed by atoms with Gasteiger partial charge in [-0.25, -0.2) is 9.79 Å². The van der Waals surface area contributed by atoms with Crippen LogP contribution in [0.2, 0.25) is 0 Å². The molecule has 0 atom stereocenters. The predicted molar refractivity (Wildman–Crippen MR) is 154 cm³/mol. The molecule has 0 N–H and O–H groups in total. The number of benzene rings is 3. The molecule has 0 aromatic heterocycles. The molecule has 0 unspecified atom stereocenters. The maximum Gasteiger partial charge on any atom is 0.363 e. The van der Waals surface area contributed by atoms with Crippen LogP contribution in [0.25, 0.3) is 6.08 Å². The highest BCUT2D eigenvalue weighted by Gasteiger charge is 2.25. The molecule has 0 aliphatic carbocycles. The molecule has 0 fully saturated rings. The number of hydrogen-bond acceptors (Lipinski definition) is 6. The van der Waals surface area contributed by atoms with E-state index < -0.39 is 10.9 Å². The maximum absolute atomic E-state index is 12.4. The Labute approximate surface area is 236 Å². The van der Waals surface area contributed by atoms with E-state index in [2.05, 4.69) is 78.8 Å². The highest BCUT2D eigenvalue weighted by Crippen LogP contribution is 2.31. The van der Waals surface area contributed by atoms with Gasteiger partial charge in [-0.05, 0) is 128 Å². The molecule has 7 nitrogen and oxygen atoms in total. The maximum atomic E-state index is 12.4. The SMILES string of the molecule is Cc1cc(C2=N/C(=C\c3cc(I)c(OCc4cccc(I)c4)c(I)c3)C(=O)O2)ccc1[N+](=O)[O-]. The molecule has 172 valence electrons. The molecule has 0 spiro atoms. The molecule has 0 radical (unpaired) electrons. The summed E-state index contributed by atoms with van der Waals surface area (Å²) >= 11 is 6.69. The summed E-state index contributed by atoms with van der Waals surface area (Å²) < 4.78 is 14.3. The third-order valence-corrected chi connectivity index (χ3v) is 7.13. The van der Waals surface area contributed by atoms with Gasteiger partial charge >= 0.3 is 5.97 Å². The average molecular weight is 792 g/mol. The molecule has 4 rings (SSSR count). The fraction of sp³-hybridized carbons (Fsp3) is 0.0833. The standard InChI is InChI=1S/C24H15I3N2O5/c1-13-7-16(5-6-21(13)29(31)32)23-28-20(24(30)34-23)11-15-9-18(26)22(19(27)10-15)33-12-14-3-2-4-17(25)8-14/h2-11H,12H2,1H3/b20-11-. The first-order valence-electron chi connectivity index (χ1n) is 9.85. The summed E-state index contributed by atoms with van der Waals surface area (Å²) in [6.07, 6.45) is 1.65. The third kappa shape index (κ3) is 5.76. The molecule has 0 saturated heterocycles. The van der Waals surface area contributed by atoms with Crippen molar-refractivity contribution < 1.29 is 19.2 Å². The van der Waals surface area contributed by atoms with Crippen LogP contribution in [0.4, 0.5) is 5.69 Å². The highest BCUT2D eigenvalue weighted by atomic mass is 127. The van der Waals surface area contributed by atoms with Crippen LogP contribution in [0.1, 0.15) is 22.3 Å². The Balaban J connectivity index is 1.56. The number of esters is 1. The second-order valence-electron chi connectivity index (χ2n) is 7.33. The van der Waals surface area contributed by atoms with Crippen LogP contribution < -0.4 is 4.74 Å². The van der Waals surface area contributed by atoms with E-state index in [0.29, 0.717) is 17.7 Å². The molecule has 0 amide bonds. The van der Waals surface area contributed by atoms with Crippen molar-refractivity contribution >= 4 is 91.4 Å². The molecule has 1 heterocycles. The normalized spacial score (nSPS) is 14.2. The number of carbonyl (C=O) groups is 1. The number of cyclic esters (lactones) is 1. The first kappa shape index (κ1) is 25.0. The predicted octanol–water partition coefficient (Wildman–Crippen LogP) is 6.64. The lowest BCUT2D eigenvalue weighted by Gasteiger charge is -2.12. The number of nitrogens with zero attached hydrogens (tertiary/aromatic N) is 2. The van der Waals surface area contributed by atoms with Crippen LogP contribution in [0.15, 0.2) is 65.3 Å². The Kier molecular flexibility index (Phi) is 7.87. The van der Waals surface area contributed by atoms with Gasteiger partial charge in [-0.3, -0.25) is 10.1 Å². The quantitative estimate of drug-likeness (QED) is 0.0919. The van der Waals surface area contributed by atoms with Crippen molar-refractivity contribution in [1.82, 2.24) is 0 Å². The van der Waals surface area contributed by atoms with E-state index in [1.165, 1.54) is 12.1 Å². The monoisotopic (exact) mass is 792 g/mol. The fourth-order valence-electron chi connectivity index (χ4n) is 3.27. The number of nitro benzene ring substituents is 1. The van der Waals surface area contributed by atoms with Gasteiger partial charge in [-0.1, -0.05) is 12.1 Å². The van der Waals surface area contributed by atoms with Crippen LogP contribution in [0, 0.1) is 27.7 Å². The summed E-state index contributed by atoms with van der Waals surface area (Å²) in [7, 11) is 0. The largest absolute Gasteiger partial charge is 0.487 e. The Bertz CT molecular complexity index is 1360. The topological polar surface area (TPSA) is 91.0 Å². The summed E-state index contributed by atoms with van der Waals surface area (Å²) in [5.41, 5.74) is 2.99. The Morgan fingerprint density at radius 2 is 1.82 bits per heavy atom. The van der Waals surface area contributed by atoms with Gasteiger partial charge in [0.05, 0.1) is 12.1 Å². The number of hydrogen-bond donors (Lipinski definition) is 0. The minimum atomic E-state index is -0.574. The van der Waals surface area contributed by atoms with Crippen LogP contribution >= 0.6 is 67.8 Å². The molecule has 3 aromatic carbocycles. The van der Waals surface area contributed by atoms with Crippen molar-refractivity contribution in [3.8, 4) is 5.75 Å². The van der Waals surface area contributed by atoms with Gasteiger partial charge in [0.25, 0.3) is 5.69 Å². The van der Waals surface area contributed by atoms with Gasteiger partial charge in [0.15, 0.2) is 5.70 Å². The first-order valence-corrected chi connectivity index (χ1v) is 13.1. The smallest absolute Gasteiger partial charge is 0.363 e. The van der Waals surface area contributed by atoms with Crippen molar-refractivity contribution in [2.75, 3.05) is 0 Å². The van der Waals surface area contributed by atoms with Crippen LogP contribution in [-0.4, -0.2) is 16.8 Å². The zero-order valence-corrected chi connectivity index (χ0v) is 24.0. The van der Waals surface area contributed by atoms with Crippen molar-refractivity contribution in [2.24, 2.45) is 4.99 Å². The van der Waals surface area contributed by atoms with Crippen molar-refractivity contribution in [1.29, 1.82) is 0 Å². The van der Waals surface area contributed by atoms with E-state index in [4.69, 9.17) is 9.47 Å². The number of carbonyl (C=O) groups excluding carboxylic acids is 1. The third-order valence-electron chi connectivity index (χ3n) is 4.86. The zero-order chi connectivity index (χ0) is 24.4. The molecule has 1 aliphatic rings. The van der Waals surface area contributed by atoms with Crippen molar-refractivity contribution in [2.45, 2.75) is 13.5 Å². The van der Waals surface area contributed by atoms with Gasteiger partial charge in [0, 0.05) is 20.8 Å². The van der Waals surface area contributed by atoms with E-state index in [0.717, 1.165) is 27.6 Å². The second kappa shape index (κ2) is 10.7. The Morgan fingerprint density at radius 1 is 1.09 bits per heavy atom. The minimum absolute atomic E-state index is 0.00195. The van der Waals surface area contributed by atoms with Crippen LogP contribution in [0.3, 0.4) is 0 Å². The second-order valence-corrected chi connectivity index (χ2v) is 10.9. The molecule has 0 saturated carbocycles. The lowest BCUT2D eigenvalue weighted by molar-refractivity contribution is -0.385. The molecule has 1 aliphatic heterocycles. The summed E-state index contributed by atoms with van der Waals surface area (Å²) in [5.74, 6) is 0.327. The van der Waals surface area contributed by atoms with E-state index in [-0.39, 0.29) is 17.3 Å². The van der Waals surface area contributed by atoms with E-state index >= 15 is 0 Å². The van der Waals surface area contributed by atoms with Gasteiger partial charge in [0.1, 0.15) is 12.4 Å². The Hall–Kier alpha value is -2.07. The van der Waals surface area contributed by atoms with Gasteiger partial charge in [-0.15, -0.1) is 0 Å². The summed E-state index contributed by atoms with van der Waals surface area (Å²) in [6, 6.07) is 16.4. The molecule has 10 heteroatoms. The van der Waals surface area contributed by atoms with Crippen LogP contribution in [-0.2, 0) is 16.1 Å². The summed E-state index contributed by atoms with van der Waals surface area (Å²) in [5, 5.41) is 11.0. The molecular weight excluding hydrogens is 777 g/mol. The fourth-order valence-corrected chi connectivity index (χ4v) is 6.00. The summed E-state index contributed by atoms with van der Waals surface area (Å²) in [6.45, 7) is 2.08. The van der Waals surface area contributed by atoms with E-state index in [1.807, 2.05) is 30.3 Å². The van der Waals surface area contributed by atoms with E-state index in [1.54, 1.807) is 19.1 Å². The summed E-state index contributed by atoms with van der Waals surface area (Å²) in [4.78, 5) is 27.3. The molecule has 34 heavy (non-hydrogen) atoms. The molecular formula is C24H15I3N2O5. The number of aryl methyl sites for hydroxylation is 1. The number of rotatable bonds is 6. The highest BCUT2D eigenvalue weighted by molar-refractivity contribution is 14.1. The van der Waals surface area contributed by atoms with Crippen molar-refractivity contribution in [3.05, 3.63) is 103 Å². The minimum Gasteiger partial charge on any atom is -0.487 e. The van der Waals surface area contributed by atoms with Gasteiger partial charge in [0.2, 0.25) is 5.90 Å². The number of halogens is 3. The van der Waals surface area contributed by atoms with E-state index in [9.17, 15) is 14.9 Å². The average Bonchev–Trinajstić information content (AvgIpc) is 3.13. The van der Waals surface area contributed by atoms with Gasteiger partial charge in [-0.2, -0.15) is 0 Å². The number of ether oxygens (including phenoxy) is 2. The van der Waals surface area contributed by atoms with Gasteiger partial charge < -0.3 is 9.47 Å². The van der Waals surface area contributed by atoms with Crippen LogP contribution in [0.5, 0.6) is 5.75 Å². The number of nitro groups is 1. The lowest BCUT2D eigenvalue weighted by atomic mass is 10.1. The van der Waals surface area contributed by atoms with Crippen molar-refractivity contribution in [3.63, 3.8) is 0 Å².